The normalized spacial score (nSPS) is 10.4. The lowest BCUT2D eigenvalue weighted by atomic mass is 10.0. The highest BCUT2D eigenvalue weighted by Gasteiger charge is 2.15. The van der Waals surface area contributed by atoms with E-state index in [4.69, 9.17) is 4.42 Å². The van der Waals surface area contributed by atoms with Crippen molar-refractivity contribution < 1.29 is 4.42 Å². The van der Waals surface area contributed by atoms with Crippen molar-refractivity contribution in [2.45, 2.75) is 7.43 Å². The minimum Gasteiger partial charge on any atom is -0.455 e. The molecule has 0 amide bonds. The highest BCUT2D eigenvalue weighted by molar-refractivity contribution is 6.02. The van der Waals surface area contributed by atoms with E-state index in [-0.39, 0.29) is 7.43 Å². The fraction of sp³-hybridized carbons (Fsp3) is 0.0476. The van der Waals surface area contributed by atoms with Crippen LogP contribution < -0.4 is 0 Å². The third-order valence-electron chi connectivity index (χ3n) is 3.69. The van der Waals surface area contributed by atoms with Gasteiger partial charge in [0.1, 0.15) is 11.5 Å². The van der Waals surface area contributed by atoms with E-state index in [1.165, 1.54) is 0 Å². The molecule has 0 unspecified atom stereocenters. The van der Waals surface area contributed by atoms with Gasteiger partial charge in [0, 0.05) is 21.9 Å². The molecule has 1 aromatic heterocycles. The van der Waals surface area contributed by atoms with Gasteiger partial charge in [0.15, 0.2) is 0 Å². The van der Waals surface area contributed by atoms with E-state index in [1.54, 1.807) is 0 Å². The molecule has 1 nitrogen and oxygen atoms in total. The van der Waals surface area contributed by atoms with Gasteiger partial charge in [-0.05, 0) is 0 Å². The maximum absolute atomic E-state index is 6.24. The van der Waals surface area contributed by atoms with Gasteiger partial charge >= 0.3 is 0 Å². The highest BCUT2D eigenvalue weighted by atomic mass is 16.3. The number of benzene rings is 3. The summed E-state index contributed by atoms with van der Waals surface area (Å²) in [5, 5.41) is 2.31. The van der Waals surface area contributed by atoms with Gasteiger partial charge in [-0.15, -0.1) is 0 Å². The molecule has 0 radical (unpaired) electrons. The molecule has 0 bridgehead atoms. The molecular weight excluding hydrogens is 268 g/mol. The predicted molar refractivity (Wildman–Crippen MR) is 93.8 cm³/mol. The van der Waals surface area contributed by atoms with Crippen LogP contribution in [-0.2, 0) is 0 Å². The number of hydrogen-bond acceptors (Lipinski definition) is 1. The third-order valence-corrected chi connectivity index (χ3v) is 3.69. The van der Waals surface area contributed by atoms with Crippen molar-refractivity contribution in [1.82, 2.24) is 0 Å². The highest BCUT2D eigenvalue weighted by Crippen LogP contribution is 2.38. The van der Waals surface area contributed by atoms with Gasteiger partial charge in [-0.3, -0.25) is 0 Å². The number of hydrogen-bond donors (Lipinski definition) is 0. The van der Waals surface area contributed by atoms with Gasteiger partial charge in [-0.25, -0.2) is 0 Å². The Bertz CT molecular complexity index is 800. The van der Waals surface area contributed by atoms with Crippen molar-refractivity contribution in [3.05, 3.63) is 84.9 Å². The zero-order chi connectivity index (χ0) is 14.1. The lowest BCUT2D eigenvalue weighted by molar-refractivity contribution is 0.602. The average molecular weight is 286 g/mol. The van der Waals surface area contributed by atoms with Crippen molar-refractivity contribution in [2.24, 2.45) is 0 Å². The molecule has 0 aliphatic carbocycles. The van der Waals surface area contributed by atoms with Crippen LogP contribution in [0.4, 0.5) is 0 Å². The molecule has 108 valence electrons. The predicted octanol–water partition coefficient (Wildman–Crippen LogP) is 6.40. The summed E-state index contributed by atoms with van der Waals surface area (Å²) >= 11 is 0. The number of fused-ring (bicyclic) bond motifs is 1. The molecule has 0 saturated carbocycles. The van der Waals surface area contributed by atoms with Crippen molar-refractivity contribution in [3.8, 4) is 22.6 Å². The summed E-state index contributed by atoms with van der Waals surface area (Å²) < 4.78 is 6.24. The summed E-state index contributed by atoms with van der Waals surface area (Å²) in [5.74, 6) is 1.87. The minimum atomic E-state index is 0. The SMILES string of the molecule is C.c1ccc(-c2oc(-c3ccccc3)c3ccccc23)cc1. The standard InChI is InChI=1S/C20H14O.CH4/c1-3-9-15(10-4-1)19-17-13-7-8-14-18(17)20(21-19)16-11-5-2-6-12-16;/h1-14H;1H4. The molecule has 1 heterocycles. The minimum absolute atomic E-state index is 0. The number of rotatable bonds is 2. The maximum Gasteiger partial charge on any atom is 0.142 e. The van der Waals surface area contributed by atoms with Gasteiger partial charge in [0.25, 0.3) is 0 Å². The molecule has 4 rings (SSSR count). The molecule has 0 N–H and O–H groups in total. The molecule has 3 aromatic carbocycles. The quantitative estimate of drug-likeness (QED) is 0.415. The van der Waals surface area contributed by atoms with Crippen molar-refractivity contribution in [3.63, 3.8) is 0 Å². The Kier molecular flexibility index (Phi) is 3.80. The van der Waals surface area contributed by atoms with Crippen molar-refractivity contribution >= 4 is 10.8 Å². The van der Waals surface area contributed by atoms with Crippen LogP contribution in [-0.4, -0.2) is 0 Å². The summed E-state index contributed by atoms with van der Waals surface area (Å²) in [4.78, 5) is 0. The summed E-state index contributed by atoms with van der Waals surface area (Å²) in [5.41, 5.74) is 2.21. The second-order valence-corrected chi connectivity index (χ2v) is 5.04. The van der Waals surface area contributed by atoms with Crippen LogP contribution in [0.15, 0.2) is 89.3 Å². The first kappa shape index (κ1) is 14.2. The van der Waals surface area contributed by atoms with E-state index in [0.717, 1.165) is 33.4 Å². The summed E-state index contributed by atoms with van der Waals surface area (Å²) in [6.45, 7) is 0. The van der Waals surface area contributed by atoms with E-state index >= 15 is 0 Å². The van der Waals surface area contributed by atoms with Crippen LogP contribution in [0.1, 0.15) is 7.43 Å². The van der Waals surface area contributed by atoms with Crippen molar-refractivity contribution in [2.75, 3.05) is 0 Å². The molecule has 22 heavy (non-hydrogen) atoms. The van der Waals surface area contributed by atoms with Gasteiger partial charge in [0.2, 0.25) is 0 Å². The molecule has 0 spiro atoms. The lowest BCUT2D eigenvalue weighted by Crippen LogP contribution is -1.73. The smallest absolute Gasteiger partial charge is 0.142 e. The largest absolute Gasteiger partial charge is 0.455 e. The second kappa shape index (κ2) is 5.90. The topological polar surface area (TPSA) is 13.1 Å². The molecule has 4 aromatic rings. The zero-order valence-electron chi connectivity index (χ0n) is 11.5. The lowest BCUT2D eigenvalue weighted by Gasteiger charge is -1.98. The molecule has 0 aliphatic heterocycles. The van der Waals surface area contributed by atoms with Crippen molar-refractivity contribution in [1.29, 1.82) is 0 Å². The first-order valence-corrected chi connectivity index (χ1v) is 7.06. The summed E-state index contributed by atoms with van der Waals surface area (Å²) in [7, 11) is 0. The van der Waals surface area contributed by atoms with E-state index in [0.29, 0.717) is 0 Å². The Morgan fingerprint density at radius 3 is 1.23 bits per heavy atom. The molecule has 1 heteroatoms. The van der Waals surface area contributed by atoms with Gasteiger partial charge in [0.05, 0.1) is 0 Å². The van der Waals surface area contributed by atoms with E-state index in [1.807, 2.05) is 36.4 Å². The Hall–Kier alpha value is -2.80. The van der Waals surface area contributed by atoms with Crippen LogP contribution >= 0.6 is 0 Å². The average Bonchev–Trinajstić information content (AvgIpc) is 2.96. The first-order valence-electron chi connectivity index (χ1n) is 7.06. The third kappa shape index (κ3) is 2.31. The van der Waals surface area contributed by atoms with Crippen LogP contribution in [0.5, 0.6) is 0 Å². The van der Waals surface area contributed by atoms with Gasteiger partial charge in [-0.1, -0.05) is 92.4 Å². The zero-order valence-corrected chi connectivity index (χ0v) is 11.5. The van der Waals surface area contributed by atoms with E-state index in [9.17, 15) is 0 Å². The second-order valence-electron chi connectivity index (χ2n) is 5.04. The van der Waals surface area contributed by atoms with Crippen LogP contribution in [0.3, 0.4) is 0 Å². The van der Waals surface area contributed by atoms with E-state index in [2.05, 4.69) is 48.5 Å². The summed E-state index contributed by atoms with van der Waals surface area (Å²) in [6, 6.07) is 28.9. The Morgan fingerprint density at radius 2 is 0.818 bits per heavy atom. The monoisotopic (exact) mass is 286 g/mol. The first-order chi connectivity index (χ1) is 10.4. The summed E-state index contributed by atoms with van der Waals surface area (Å²) in [6.07, 6.45) is 0. The Balaban J connectivity index is 0.00000144. The Labute approximate surface area is 130 Å². The van der Waals surface area contributed by atoms with Crippen LogP contribution in [0.25, 0.3) is 33.4 Å². The molecular formula is C21H18O. The molecule has 0 atom stereocenters. The van der Waals surface area contributed by atoms with Gasteiger partial charge < -0.3 is 4.42 Å². The van der Waals surface area contributed by atoms with Crippen LogP contribution in [0, 0.1) is 0 Å². The molecule has 0 fully saturated rings. The fourth-order valence-corrected chi connectivity index (χ4v) is 2.70. The maximum atomic E-state index is 6.24. The van der Waals surface area contributed by atoms with E-state index < -0.39 is 0 Å². The van der Waals surface area contributed by atoms with Crippen LogP contribution in [0.2, 0.25) is 0 Å². The number of furan rings is 1. The fourth-order valence-electron chi connectivity index (χ4n) is 2.70. The molecule has 0 saturated heterocycles. The molecule has 0 aliphatic rings. The van der Waals surface area contributed by atoms with Gasteiger partial charge in [-0.2, -0.15) is 0 Å². The Morgan fingerprint density at radius 1 is 0.455 bits per heavy atom.